The molecule has 0 amide bonds. The first-order valence-electron chi connectivity index (χ1n) is 7.16. The molecule has 0 radical (unpaired) electrons. The van der Waals surface area contributed by atoms with Crippen molar-refractivity contribution >= 4 is 11.3 Å². The normalized spacial score (nSPS) is 24.0. The van der Waals surface area contributed by atoms with Crippen LogP contribution in [0.5, 0.6) is 0 Å². The lowest BCUT2D eigenvalue weighted by Crippen LogP contribution is -2.38. The van der Waals surface area contributed by atoms with Gasteiger partial charge in [-0.1, -0.05) is 0 Å². The van der Waals surface area contributed by atoms with Crippen molar-refractivity contribution in [3.05, 3.63) is 16.1 Å². The number of thiazole rings is 1. The second-order valence-corrected chi connectivity index (χ2v) is 6.85. The lowest BCUT2D eigenvalue weighted by molar-refractivity contribution is 0.229. The van der Waals surface area contributed by atoms with E-state index in [4.69, 9.17) is 0 Å². The molecule has 1 saturated heterocycles. The van der Waals surface area contributed by atoms with E-state index in [9.17, 15) is 0 Å². The molecule has 1 atom stereocenters. The quantitative estimate of drug-likeness (QED) is 0.856. The average molecular weight is 265 g/mol. The van der Waals surface area contributed by atoms with Crippen molar-refractivity contribution in [3.8, 4) is 0 Å². The molecule has 0 bridgehead atoms. The summed E-state index contributed by atoms with van der Waals surface area (Å²) in [6.07, 6.45) is 5.56. The third kappa shape index (κ3) is 3.53. The molecule has 3 rings (SSSR count). The summed E-state index contributed by atoms with van der Waals surface area (Å²) in [7, 11) is 0. The predicted molar refractivity (Wildman–Crippen MR) is 75.9 cm³/mol. The summed E-state index contributed by atoms with van der Waals surface area (Å²) in [5.41, 5.74) is 1.26. The molecule has 0 spiro atoms. The van der Waals surface area contributed by atoms with Crippen LogP contribution in [-0.2, 0) is 6.54 Å². The highest BCUT2D eigenvalue weighted by molar-refractivity contribution is 7.09. The summed E-state index contributed by atoms with van der Waals surface area (Å²) >= 11 is 1.77. The second-order valence-electron chi connectivity index (χ2n) is 5.79. The molecule has 1 aliphatic heterocycles. The fourth-order valence-electron chi connectivity index (χ4n) is 2.80. The lowest BCUT2D eigenvalue weighted by Gasteiger charge is -2.24. The number of nitrogens with zero attached hydrogens (tertiary/aromatic N) is 2. The Bertz CT molecular complexity index is 380. The maximum absolute atomic E-state index is 4.61. The molecule has 1 aromatic rings. The summed E-state index contributed by atoms with van der Waals surface area (Å²) in [5, 5.41) is 7.02. The molecular formula is C14H23N3S. The Balaban J connectivity index is 1.57. The van der Waals surface area contributed by atoms with Crippen LogP contribution >= 0.6 is 11.3 Å². The summed E-state index contributed by atoms with van der Waals surface area (Å²) < 4.78 is 0. The zero-order valence-electron chi connectivity index (χ0n) is 11.2. The Morgan fingerprint density at radius 1 is 1.39 bits per heavy atom. The molecule has 2 heterocycles. The van der Waals surface area contributed by atoms with E-state index in [1.807, 2.05) is 0 Å². The SMILES string of the molecule is Cc1nc(CN(CC2CC2)CC2CCCN2)cs1. The van der Waals surface area contributed by atoms with Gasteiger partial charge < -0.3 is 5.32 Å². The Hall–Kier alpha value is -0.450. The summed E-state index contributed by atoms with van der Waals surface area (Å²) in [4.78, 5) is 7.23. The zero-order valence-corrected chi connectivity index (χ0v) is 12.0. The van der Waals surface area contributed by atoms with Crippen LogP contribution in [0.4, 0.5) is 0 Å². The van der Waals surface area contributed by atoms with Crippen LogP contribution in [0.3, 0.4) is 0 Å². The van der Waals surface area contributed by atoms with E-state index in [1.165, 1.54) is 56.0 Å². The van der Waals surface area contributed by atoms with Gasteiger partial charge in [0.15, 0.2) is 0 Å². The van der Waals surface area contributed by atoms with Crippen molar-refractivity contribution in [1.29, 1.82) is 0 Å². The van der Waals surface area contributed by atoms with Gasteiger partial charge in [0.25, 0.3) is 0 Å². The second kappa shape index (κ2) is 5.68. The van der Waals surface area contributed by atoms with Gasteiger partial charge in [-0.05, 0) is 45.1 Å². The molecule has 100 valence electrons. The van der Waals surface area contributed by atoms with Gasteiger partial charge >= 0.3 is 0 Å². The summed E-state index contributed by atoms with van der Waals surface area (Å²) in [5.74, 6) is 0.964. The van der Waals surface area contributed by atoms with E-state index in [1.54, 1.807) is 11.3 Å². The first-order chi connectivity index (χ1) is 8.79. The Morgan fingerprint density at radius 3 is 2.89 bits per heavy atom. The molecule has 4 heteroatoms. The molecule has 1 saturated carbocycles. The fourth-order valence-corrected chi connectivity index (χ4v) is 3.41. The van der Waals surface area contributed by atoms with Crippen LogP contribution in [0, 0.1) is 12.8 Å². The maximum atomic E-state index is 4.61. The van der Waals surface area contributed by atoms with E-state index >= 15 is 0 Å². The minimum Gasteiger partial charge on any atom is -0.313 e. The number of aromatic nitrogens is 1. The smallest absolute Gasteiger partial charge is 0.0897 e. The largest absolute Gasteiger partial charge is 0.313 e. The third-order valence-corrected chi connectivity index (χ3v) is 4.73. The monoisotopic (exact) mass is 265 g/mol. The average Bonchev–Trinajstić information content (AvgIpc) is 2.84. The van der Waals surface area contributed by atoms with E-state index in [-0.39, 0.29) is 0 Å². The van der Waals surface area contributed by atoms with Gasteiger partial charge in [0.2, 0.25) is 0 Å². The van der Waals surface area contributed by atoms with Gasteiger partial charge in [-0.2, -0.15) is 0 Å². The molecule has 0 aromatic carbocycles. The first kappa shape index (κ1) is 12.6. The minimum absolute atomic E-state index is 0.712. The van der Waals surface area contributed by atoms with Crippen molar-refractivity contribution in [2.45, 2.75) is 45.2 Å². The van der Waals surface area contributed by atoms with Gasteiger partial charge in [0.1, 0.15) is 0 Å². The van der Waals surface area contributed by atoms with Crippen molar-refractivity contribution in [2.75, 3.05) is 19.6 Å². The highest BCUT2D eigenvalue weighted by atomic mass is 32.1. The molecule has 3 nitrogen and oxygen atoms in total. The van der Waals surface area contributed by atoms with E-state index < -0.39 is 0 Å². The molecule has 1 aliphatic carbocycles. The van der Waals surface area contributed by atoms with Crippen LogP contribution in [0.1, 0.15) is 36.4 Å². The van der Waals surface area contributed by atoms with Gasteiger partial charge in [-0.25, -0.2) is 4.98 Å². The third-order valence-electron chi connectivity index (χ3n) is 3.91. The van der Waals surface area contributed by atoms with Gasteiger partial charge in [-0.3, -0.25) is 4.90 Å². The van der Waals surface area contributed by atoms with Crippen LogP contribution in [0.25, 0.3) is 0 Å². The standard InChI is InChI=1S/C14H23N3S/c1-11-16-14(10-18-11)9-17(7-12-4-5-12)8-13-3-2-6-15-13/h10,12-13,15H,2-9H2,1H3. The van der Waals surface area contributed by atoms with Gasteiger partial charge in [-0.15, -0.1) is 11.3 Å². The Kier molecular flexibility index (Phi) is 3.97. The molecular weight excluding hydrogens is 242 g/mol. The molecule has 1 aromatic heterocycles. The van der Waals surface area contributed by atoms with Crippen molar-refractivity contribution < 1.29 is 0 Å². The molecule has 1 unspecified atom stereocenters. The van der Waals surface area contributed by atoms with Crippen molar-refractivity contribution in [1.82, 2.24) is 15.2 Å². The highest BCUT2D eigenvalue weighted by Crippen LogP contribution is 2.30. The molecule has 2 aliphatic rings. The zero-order chi connectivity index (χ0) is 12.4. The summed E-state index contributed by atoms with van der Waals surface area (Å²) in [6.45, 7) is 6.82. The molecule has 2 fully saturated rings. The number of nitrogens with one attached hydrogen (secondary N) is 1. The first-order valence-corrected chi connectivity index (χ1v) is 8.04. The Labute approximate surface area is 114 Å². The highest BCUT2D eigenvalue weighted by Gasteiger charge is 2.26. The number of hydrogen-bond acceptors (Lipinski definition) is 4. The lowest BCUT2D eigenvalue weighted by atomic mass is 10.2. The minimum atomic E-state index is 0.712. The molecule has 1 N–H and O–H groups in total. The van der Waals surface area contributed by atoms with E-state index in [2.05, 4.69) is 27.5 Å². The summed E-state index contributed by atoms with van der Waals surface area (Å²) in [6, 6.07) is 0.712. The maximum Gasteiger partial charge on any atom is 0.0897 e. The fraction of sp³-hybridized carbons (Fsp3) is 0.786. The number of rotatable bonds is 6. The Morgan fingerprint density at radius 2 is 2.28 bits per heavy atom. The van der Waals surface area contributed by atoms with Gasteiger partial charge in [0, 0.05) is 31.1 Å². The van der Waals surface area contributed by atoms with Crippen molar-refractivity contribution in [2.24, 2.45) is 5.92 Å². The number of aryl methyl sites for hydroxylation is 1. The predicted octanol–water partition coefficient (Wildman–Crippen LogP) is 2.42. The van der Waals surface area contributed by atoms with Crippen LogP contribution in [-0.4, -0.2) is 35.6 Å². The van der Waals surface area contributed by atoms with Gasteiger partial charge in [0.05, 0.1) is 10.7 Å². The van der Waals surface area contributed by atoms with Crippen molar-refractivity contribution in [3.63, 3.8) is 0 Å². The number of hydrogen-bond donors (Lipinski definition) is 1. The van der Waals surface area contributed by atoms with Crippen LogP contribution in [0.2, 0.25) is 0 Å². The van der Waals surface area contributed by atoms with Crippen LogP contribution in [0.15, 0.2) is 5.38 Å². The van der Waals surface area contributed by atoms with E-state index in [0.29, 0.717) is 6.04 Å². The topological polar surface area (TPSA) is 28.2 Å². The van der Waals surface area contributed by atoms with Crippen LogP contribution < -0.4 is 5.32 Å². The molecule has 18 heavy (non-hydrogen) atoms. The van der Waals surface area contributed by atoms with E-state index in [0.717, 1.165) is 12.5 Å².